The number of hydrogen-bond donors (Lipinski definition) is 1. The minimum Gasteiger partial charge on any atom is -0.308 e. The van der Waals surface area contributed by atoms with Crippen molar-refractivity contribution < 1.29 is 17.4 Å². The number of amides is 1. The van der Waals surface area contributed by atoms with Crippen molar-refractivity contribution in [2.24, 2.45) is 7.05 Å². The van der Waals surface area contributed by atoms with E-state index in [-0.39, 0.29) is 16.3 Å². The first-order chi connectivity index (χ1) is 11.2. The zero-order valence-electron chi connectivity index (χ0n) is 13.4. The third-order valence-corrected chi connectivity index (χ3v) is 4.56. The summed E-state index contributed by atoms with van der Waals surface area (Å²) >= 11 is 0. The molecule has 0 bridgehead atoms. The fourth-order valence-electron chi connectivity index (χ4n) is 1.80. The Morgan fingerprint density at radius 1 is 1.25 bits per heavy atom. The van der Waals surface area contributed by atoms with Crippen LogP contribution >= 0.6 is 0 Å². The predicted molar refractivity (Wildman–Crippen MR) is 87.2 cm³/mol. The molecule has 1 heterocycles. The first kappa shape index (κ1) is 17.8. The summed E-state index contributed by atoms with van der Waals surface area (Å²) in [5, 5.41) is 2.33. The van der Waals surface area contributed by atoms with Crippen LogP contribution in [0.3, 0.4) is 0 Å². The molecule has 128 valence electrons. The van der Waals surface area contributed by atoms with E-state index in [4.69, 9.17) is 4.18 Å². The summed E-state index contributed by atoms with van der Waals surface area (Å²) in [7, 11) is -2.49. The van der Waals surface area contributed by atoms with Crippen molar-refractivity contribution in [2.45, 2.75) is 18.7 Å². The molecule has 24 heavy (non-hydrogen) atoms. The van der Waals surface area contributed by atoms with Gasteiger partial charge in [0.25, 0.3) is 21.6 Å². The molecule has 0 atom stereocenters. The van der Waals surface area contributed by atoms with Crippen LogP contribution in [0.1, 0.15) is 11.4 Å². The van der Waals surface area contributed by atoms with Gasteiger partial charge in [0.1, 0.15) is 18.2 Å². The molecule has 1 N–H and O–H groups in total. The quantitative estimate of drug-likeness (QED) is 0.796. The molecular formula is C15H17N3O5S. The summed E-state index contributed by atoms with van der Waals surface area (Å²) in [4.78, 5) is 27.4. The van der Waals surface area contributed by atoms with Gasteiger partial charge in [-0.1, -0.05) is 17.7 Å². The van der Waals surface area contributed by atoms with Crippen molar-refractivity contribution in [1.29, 1.82) is 0 Å². The smallest absolute Gasteiger partial charge is 0.297 e. The lowest BCUT2D eigenvalue weighted by atomic mass is 10.2. The molecule has 0 aliphatic rings. The zero-order chi connectivity index (χ0) is 17.9. The van der Waals surface area contributed by atoms with Crippen molar-refractivity contribution in [3.8, 4) is 0 Å². The standard InChI is InChI=1S/C15H17N3O5S/c1-10-4-6-12(7-5-10)24(21,22)23-9-14(19)17-13-8-15(20)18(3)11(2)16-13/h4-8H,9H2,1-3H3,(H,17,19). The summed E-state index contributed by atoms with van der Waals surface area (Å²) in [6.07, 6.45) is 0. The van der Waals surface area contributed by atoms with Gasteiger partial charge in [-0.05, 0) is 26.0 Å². The number of hydrogen-bond acceptors (Lipinski definition) is 6. The van der Waals surface area contributed by atoms with E-state index in [2.05, 4.69) is 10.3 Å². The number of rotatable bonds is 5. The first-order valence-electron chi connectivity index (χ1n) is 6.99. The van der Waals surface area contributed by atoms with Crippen LogP contribution < -0.4 is 10.9 Å². The van der Waals surface area contributed by atoms with Crippen LogP contribution in [0, 0.1) is 13.8 Å². The second-order valence-electron chi connectivity index (χ2n) is 5.16. The molecule has 2 rings (SSSR count). The number of nitrogens with zero attached hydrogens (tertiary/aromatic N) is 2. The van der Waals surface area contributed by atoms with Crippen molar-refractivity contribution in [3.05, 3.63) is 52.1 Å². The Kier molecular flexibility index (Phi) is 5.15. The van der Waals surface area contributed by atoms with E-state index in [9.17, 15) is 18.0 Å². The van der Waals surface area contributed by atoms with Crippen LogP contribution in [-0.4, -0.2) is 30.5 Å². The molecule has 0 unspecified atom stereocenters. The lowest BCUT2D eigenvalue weighted by Gasteiger charge is -2.08. The number of aryl methyl sites for hydroxylation is 2. The molecule has 0 saturated carbocycles. The van der Waals surface area contributed by atoms with E-state index in [0.29, 0.717) is 5.82 Å². The minimum atomic E-state index is -4.03. The van der Waals surface area contributed by atoms with Gasteiger partial charge in [0.2, 0.25) is 0 Å². The molecule has 8 nitrogen and oxygen atoms in total. The van der Waals surface area contributed by atoms with Crippen LogP contribution in [0.2, 0.25) is 0 Å². The van der Waals surface area contributed by atoms with Gasteiger partial charge < -0.3 is 5.32 Å². The van der Waals surface area contributed by atoms with E-state index in [1.54, 1.807) is 26.1 Å². The number of carbonyl (C=O) groups is 1. The Hall–Kier alpha value is -2.52. The number of aromatic nitrogens is 2. The number of benzene rings is 1. The summed E-state index contributed by atoms with van der Waals surface area (Å²) in [6.45, 7) is 2.71. The Balaban J connectivity index is 2.03. The molecule has 0 aliphatic heterocycles. The average Bonchev–Trinajstić information content (AvgIpc) is 2.51. The minimum absolute atomic E-state index is 0.0385. The lowest BCUT2D eigenvalue weighted by Crippen LogP contribution is -2.25. The highest BCUT2D eigenvalue weighted by Gasteiger charge is 2.17. The second kappa shape index (κ2) is 6.93. The molecule has 0 spiro atoms. The van der Waals surface area contributed by atoms with Crippen molar-refractivity contribution in [3.63, 3.8) is 0 Å². The zero-order valence-corrected chi connectivity index (χ0v) is 14.3. The normalized spacial score (nSPS) is 11.3. The molecule has 9 heteroatoms. The van der Waals surface area contributed by atoms with Crippen LogP contribution in [0.4, 0.5) is 5.82 Å². The summed E-state index contributed by atoms with van der Waals surface area (Å²) < 4.78 is 30.0. The second-order valence-corrected chi connectivity index (χ2v) is 6.78. The maximum atomic E-state index is 12.0. The van der Waals surface area contributed by atoms with Crippen LogP contribution in [-0.2, 0) is 26.1 Å². The van der Waals surface area contributed by atoms with Crippen LogP contribution in [0.5, 0.6) is 0 Å². The summed E-state index contributed by atoms with van der Waals surface area (Å²) in [5.74, 6) is -0.284. The maximum Gasteiger partial charge on any atom is 0.297 e. The van der Waals surface area contributed by atoms with Crippen molar-refractivity contribution in [2.75, 3.05) is 11.9 Å². The predicted octanol–water partition coefficient (Wildman–Crippen LogP) is 0.741. The van der Waals surface area contributed by atoms with E-state index < -0.39 is 22.6 Å². The Morgan fingerprint density at radius 3 is 2.46 bits per heavy atom. The van der Waals surface area contributed by atoms with Crippen LogP contribution in [0.25, 0.3) is 0 Å². The van der Waals surface area contributed by atoms with Crippen LogP contribution in [0.15, 0.2) is 40.0 Å². The highest BCUT2D eigenvalue weighted by atomic mass is 32.2. The molecule has 1 aromatic heterocycles. The van der Waals surface area contributed by atoms with Gasteiger partial charge in [-0.25, -0.2) is 4.98 Å². The Labute approximate surface area is 139 Å². The average molecular weight is 351 g/mol. The molecule has 0 saturated heterocycles. The van der Waals surface area contributed by atoms with Gasteiger partial charge in [-0.15, -0.1) is 0 Å². The lowest BCUT2D eigenvalue weighted by molar-refractivity contribution is -0.118. The largest absolute Gasteiger partial charge is 0.308 e. The highest BCUT2D eigenvalue weighted by Crippen LogP contribution is 2.13. The maximum absolute atomic E-state index is 12.0. The van der Waals surface area contributed by atoms with Crippen molar-refractivity contribution >= 4 is 21.8 Å². The van der Waals surface area contributed by atoms with E-state index in [1.807, 2.05) is 6.92 Å². The summed E-state index contributed by atoms with van der Waals surface area (Å²) in [6, 6.07) is 7.19. The SMILES string of the molecule is Cc1ccc(S(=O)(=O)OCC(=O)Nc2cc(=O)n(C)c(C)n2)cc1. The van der Waals surface area contributed by atoms with Gasteiger partial charge in [0.15, 0.2) is 0 Å². The topological polar surface area (TPSA) is 107 Å². The third kappa shape index (κ3) is 4.27. The fourth-order valence-corrected chi connectivity index (χ4v) is 2.67. The number of carbonyl (C=O) groups excluding carboxylic acids is 1. The number of anilines is 1. The molecule has 0 fully saturated rings. The van der Waals surface area contributed by atoms with Gasteiger partial charge >= 0.3 is 0 Å². The van der Waals surface area contributed by atoms with E-state index in [0.717, 1.165) is 11.6 Å². The highest BCUT2D eigenvalue weighted by molar-refractivity contribution is 7.86. The molecule has 1 aromatic carbocycles. The van der Waals surface area contributed by atoms with E-state index in [1.165, 1.54) is 16.7 Å². The first-order valence-corrected chi connectivity index (χ1v) is 8.40. The molecule has 2 aromatic rings. The summed E-state index contributed by atoms with van der Waals surface area (Å²) in [5.41, 5.74) is 0.560. The fraction of sp³-hybridized carbons (Fsp3) is 0.267. The van der Waals surface area contributed by atoms with E-state index >= 15 is 0 Å². The Morgan fingerprint density at radius 2 is 1.88 bits per heavy atom. The molecule has 1 amide bonds. The van der Waals surface area contributed by atoms with Gasteiger partial charge in [0, 0.05) is 13.1 Å². The molecular weight excluding hydrogens is 334 g/mol. The van der Waals surface area contributed by atoms with Gasteiger partial charge in [0.05, 0.1) is 4.90 Å². The molecule has 0 aliphatic carbocycles. The number of nitrogens with one attached hydrogen (secondary N) is 1. The molecule has 0 radical (unpaired) electrons. The van der Waals surface area contributed by atoms with Gasteiger partial charge in [-0.3, -0.25) is 18.3 Å². The Bertz CT molecular complexity index is 917. The monoisotopic (exact) mass is 351 g/mol. The van der Waals surface area contributed by atoms with Crippen molar-refractivity contribution in [1.82, 2.24) is 9.55 Å². The third-order valence-electron chi connectivity index (χ3n) is 3.28. The van der Waals surface area contributed by atoms with Gasteiger partial charge in [-0.2, -0.15) is 8.42 Å².